The van der Waals surface area contributed by atoms with E-state index in [9.17, 15) is 0 Å². The van der Waals surface area contributed by atoms with Crippen molar-refractivity contribution in [1.82, 2.24) is 9.55 Å². The summed E-state index contributed by atoms with van der Waals surface area (Å²) in [5.74, 6) is 0.917. The second kappa shape index (κ2) is 6.81. The number of fused-ring (bicyclic) bond motifs is 1. The van der Waals surface area contributed by atoms with Gasteiger partial charge in [-0.15, -0.1) is 0 Å². The third-order valence-electron chi connectivity index (χ3n) is 4.44. The minimum Gasteiger partial charge on any atom is -0.484 e. The highest BCUT2D eigenvalue weighted by Gasteiger charge is 2.16. The average molecular weight is 328 g/mol. The van der Waals surface area contributed by atoms with Gasteiger partial charge >= 0.3 is 0 Å². The number of nitrogens with zero attached hydrogens (tertiary/aromatic N) is 2. The minimum absolute atomic E-state index is 0.0834. The molecule has 0 aliphatic carbocycles. The van der Waals surface area contributed by atoms with Crippen LogP contribution < -0.4 is 4.74 Å². The molecule has 0 saturated heterocycles. The number of benzene rings is 3. The smallest absolute Gasteiger partial charge is 0.142 e. The van der Waals surface area contributed by atoms with Gasteiger partial charge in [0.1, 0.15) is 11.9 Å². The summed E-state index contributed by atoms with van der Waals surface area (Å²) < 4.78 is 8.46. The normalized spacial score (nSPS) is 12.2. The second-order valence-corrected chi connectivity index (χ2v) is 6.24. The predicted molar refractivity (Wildman–Crippen MR) is 101 cm³/mol. The van der Waals surface area contributed by atoms with Gasteiger partial charge in [-0.1, -0.05) is 54.6 Å². The summed E-state index contributed by atoms with van der Waals surface area (Å²) in [7, 11) is 0. The topological polar surface area (TPSA) is 27.1 Å². The molecule has 0 aliphatic heterocycles. The Labute approximate surface area is 147 Å². The summed E-state index contributed by atoms with van der Waals surface area (Å²) in [4.78, 5) is 4.15. The number of aromatic nitrogens is 2. The summed E-state index contributed by atoms with van der Waals surface area (Å²) in [6, 6.07) is 23.1. The lowest BCUT2D eigenvalue weighted by molar-refractivity contribution is 0.182. The van der Waals surface area contributed by atoms with Crippen LogP contribution in [0.5, 0.6) is 5.75 Å². The van der Waals surface area contributed by atoms with E-state index in [-0.39, 0.29) is 6.10 Å². The molecule has 0 saturated carbocycles. The summed E-state index contributed by atoms with van der Waals surface area (Å²) in [5, 5.41) is 2.47. The molecule has 4 aromatic rings. The molecule has 4 rings (SSSR count). The van der Waals surface area contributed by atoms with Gasteiger partial charge in [0, 0.05) is 12.4 Å². The van der Waals surface area contributed by atoms with Crippen molar-refractivity contribution in [2.24, 2.45) is 0 Å². The van der Waals surface area contributed by atoms with E-state index in [0.29, 0.717) is 6.54 Å². The van der Waals surface area contributed by atoms with Gasteiger partial charge in [0.2, 0.25) is 0 Å². The van der Waals surface area contributed by atoms with Crippen molar-refractivity contribution in [3.63, 3.8) is 0 Å². The lowest BCUT2D eigenvalue weighted by Gasteiger charge is -2.21. The lowest BCUT2D eigenvalue weighted by Crippen LogP contribution is -2.15. The highest BCUT2D eigenvalue weighted by molar-refractivity contribution is 5.83. The van der Waals surface area contributed by atoms with Crippen LogP contribution >= 0.6 is 0 Å². The van der Waals surface area contributed by atoms with Crippen molar-refractivity contribution < 1.29 is 4.74 Å². The third kappa shape index (κ3) is 3.41. The van der Waals surface area contributed by atoms with Crippen LogP contribution in [0.1, 0.15) is 17.2 Å². The monoisotopic (exact) mass is 328 g/mol. The van der Waals surface area contributed by atoms with Crippen molar-refractivity contribution in [1.29, 1.82) is 0 Å². The Morgan fingerprint density at radius 1 is 0.960 bits per heavy atom. The molecule has 1 aromatic heterocycles. The molecule has 0 radical (unpaired) electrons. The molecule has 3 heteroatoms. The van der Waals surface area contributed by atoms with E-state index in [4.69, 9.17) is 4.74 Å². The standard InChI is InChI=1S/C22H20N2O/c1-17-6-2-5-9-21(17)25-22(15-24-13-12-23-16-24)20-11-10-18-7-3-4-8-19(18)14-20/h2-14,16,22H,15H2,1H3. The lowest BCUT2D eigenvalue weighted by atomic mass is 10.0. The molecule has 25 heavy (non-hydrogen) atoms. The Morgan fingerprint density at radius 2 is 1.76 bits per heavy atom. The van der Waals surface area contributed by atoms with Crippen molar-refractivity contribution in [3.8, 4) is 5.75 Å². The molecule has 1 unspecified atom stereocenters. The SMILES string of the molecule is Cc1ccccc1OC(Cn1ccnc1)c1ccc2ccccc2c1. The van der Waals surface area contributed by atoms with Crippen molar-refractivity contribution in [2.75, 3.05) is 0 Å². The van der Waals surface area contributed by atoms with Crippen molar-refractivity contribution in [2.45, 2.75) is 19.6 Å². The number of rotatable bonds is 5. The Kier molecular flexibility index (Phi) is 4.21. The molecule has 1 heterocycles. The first kappa shape index (κ1) is 15.5. The van der Waals surface area contributed by atoms with Crippen LogP contribution in [0.2, 0.25) is 0 Å². The van der Waals surface area contributed by atoms with Gasteiger partial charge in [0.05, 0.1) is 12.9 Å². The highest BCUT2D eigenvalue weighted by atomic mass is 16.5. The van der Waals surface area contributed by atoms with Gasteiger partial charge in [-0.05, 0) is 41.0 Å². The molecule has 0 amide bonds. The Morgan fingerprint density at radius 3 is 2.56 bits per heavy atom. The van der Waals surface area contributed by atoms with Crippen LogP contribution in [0.15, 0.2) is 85.5 Å². The average Bonchev–Trinajstić information content (AvgIpc) is 3.16. The zero-order chi connectivity index (χ0) is 17.1. The molecule has 3 nitrogen and oxygen atoms in total. The van der Waals surface area contributed by atoms with E-state index in [2.05, 4.69) is 65.0 Å². The molecule has 124 valence electrons. The zero-order valence-electron chi connectivity index (χ0n) is 14.2. The number of hydrogen-bond donors (Lipinski definition) is 0. The van der Waals surface area contributed by atoms with Gasteiger partial charge in [0.15, 0.2) is 0 Å². The fourth-order valence-corrected chi connectivity index (χ4v) is 3.05. The van der Waals surface area contributed by atoms with Crippen LogP contribution in [0.3, 0.4) is 0 Å². The largest absolute Gasteiger partial charge is 0.484 e. The second-order valence-electron chi connectivity index (χ2n) is 6.24. The maximum Gasteiger partial charge on any atom is 0.142 e. The summed E-state index contributed by atoms with van der Waals surface area (Å²) in [5.41, 5.74) is 2.30. The number of para-hydroxylation sites is 1. The molecule has 1 atom stereocenters. The van der Waals surface area contributed by atoms with E-state index in [0.717, 1.165) is 16.9 Å². The zero-order valence-corrected chi connectivity index (χ0v) is 14.2. The maximum absolute atomic E-state index is 6.40. The van der Waals surface area contributed by atoms with Gasteiger partial charge in [-0.2, -0.15) is 0 Å². The molecule has 0 fully saturated rings. The fraction of sp³-hybridized carbons (Fsp3) is 0.136. The number of imidazole rings is 1. The predicted octanol–water partition coefficient (Wildman–Crippen LogP) is 5.17. The number of aryl methyl sites for hydroxylation is 1. The first-order valence-electron chi connectivity index (χ1n) is 8.46. The van der Waals surface area contributed by atoms with Gasteiger partial charge in [-0.3, -0.25) is 0 Å². The Bertz CT molecular complexity index is 976. The minimum atomic E-state index is -0.0834. The third-order valence-corrected chi connectivity index (χ3v) is 4.44. The van der Waals surface area contributed by atoms with E-state index in [1.807, 2.05) is 30.7 Å². The van der Waals surface area contributed by atoms with Crippen LogP contribution in [0.25, 0.3) is 10.8 Å². The van der Waals surface area contributed by atoms with Crippen LogP contribution in [0, 0.1) is 6.92 Å². The van der Waals surface area contributed by atoms with Crippen molar-refractivity contribution in [3.05, 3.63) is 96.6 Å². The highest BCUT2D eigenvalue weighted by Crippen LogP contribution is 2.28. The van der Waals surface area contributed by atoms with Crippen LogP contribution in [-0.2, 0) is 6.54 Å². The fourth-order valence-electron chi connectivity index (χ4n) is 3.05. The Balaban J connectivity index is 1.71. The van der Waals surface area contributed by atoms with E-state index < -0.39 is 0 Å². The van der Waals surface area contributed by atoms with E-state index >= 15 is 0 Å². The van der Waals surface area contributed by atoms with Gasteiger partial charge in [-0.25, -0.2) is 4.98 Å². The first-order valence-corrected chi connectivity index (χ1v) is 8.46. The number of ether oxygens (including phenoxy) is 1. The summed E-state index contributed by atoms with van der Waals surface area (Å²) in [6.07, 6.45) is 5.51. The Hall–Kier alpha value is -3.07. The first-order chi connectivity index (χ1) is 12.3. The van der Waals surface area contributed by atoms with Gasteiger partial charge < -0.3 is 9.30 Å². The van der Waals surface area contributed by atoms with Crippen molar-refractivity contribution >= 4 is 10.8 Å². The number of hydrogen-bond acceptors (Lipinski definition) is 2. The summed E-state index contributed by atoms with van der Waals surface area (Å²) in [6.45, 7) is 2.79. The van der Waals surface area contributed by atoms with Crippen LogP contribution in [-0.4, -0.2) is 9.55 Å². The van der Waals surface area contributed by atoms with Crippen LogP contribution in [0.4, 0.5) is 0 Å². The summed E-state index contributed by atoms with van der Waals surface area (Å²) >= 11 is 0. The quantitative estimate of drug-likeness (QED) is 0.505. The van der Waals surface area contributed by atoms with E-state index in [1.54, 1.807) is 6.20 Å². The molecular weight excluding hydrogens is 308 g/mol. The molecular formula is C22H20N2O. The molecule has 0 spiro atoms. The molecule has 0 bridgehead atoms. The molecule has 0 aliphatic rings. The molecule has 3 aromatic carbocycles. The van der Waals surface area contributed by atoms with Gasteiger partial charge in [0.25, 0.3) is 0 Å². The molecule has 0 N–H and O–H groups in total. The van der Waals surface area contributed by atoms with E-state index in [1.165, 1.54) is 10.8 Å². The maximum atomic E-state index is 6.40.